The Kier molecular flexibility index (Phi) is 5.70. The molecule has 4 rings (SSSR count). The summed E-state index contributed by atoms with van der Waals surface area (Å²) < 4.78 is 5.68. The molecule has 2 aromatic rings. The minimum atomic E-state index is 0.0612. The predicted molar refractivity (Wildman–Crippen MR) is 110 cm³/mol. The molecule has 28 heavy (non-hydrogen) atoms. The number of fused-ring (bicyclic) bond motifs is 1. The summed E-state index contributed by atoms with van der Waals surface area (Å²) in [6.07, 6.45) is 7.33. The maximum absolute atomic E-state index is 13.2. The normalized spacial score (nSPS) is 18.6. The summed E-state index contributed by atoms with van der Waals surface area (Å²) in [6.45, 7) is 4.30. The van der Waals surface area contributed by atoms with E-state index in [9.17, 15) is 4.79 Å². The van der Waals surface area contributed by atoms with Gasteiger partial charge < -0.3 is 19.9 Å². The van der Waals surface area contributed by atoms with E-state index in [0.717, 1.165) is 56.7 Å². The number of likely N-dealkylation sites (N-methyl/N-ethyl adjacent to an activating group) is 1. The third-order valence-electron chi connectivity index (χ3n) is 5.62. The van der Waals surface area contributed by atoms with Crippen LogP contribution < -0.4 is 10.1 Å². The first-order chi connectivity index (χ1) is 13.7. The van der Waals surface area contributed by atoms with Gasteiger partial charge in [0.05, 0.1) is 18.3 Å². The van der Waals surface area contributed by atoms with E-state index in [0.29, 0.717) is 12.2 Å². The molecule has 5 nitrogen and oxygen atoms in total. The van der Waals surface area contributed by atoms with Crippen LogP contribution in [-0.4, -0.2) is 35.0 Å². The topological polar surface area (TPSA) is 57.4 Å². The Bertz CT molecular complexity index is 817. The standard InChI is InChI=1S/C23H29N3O2/c1-2-26(23(27)21-15-22-20(25-21)12-7-13-28-22)19-11-6-10-18(14-19)24-16-17-8-4-3-5-9-17/h3-5,8-9,14-15,19,24-25H,2,6-7,10-13,16H2,1H3/t19-/m0/s1. The SMILES string of the molecule is CCN(C(=O)c1cc2c([nH]1)CCCO2)[C@@H]1C=C(NCc2ccccc2)CCC1. The van der Waals surface area contributed by atoms with Crippen molar-refractivity contribution in [2.24, 2.45) is 0 Å². The number of aromatic amines is 1. The molecule has 0 bridgehead atoms. The zero-order valence-corrected chi connectivity index (χ0v) is 16.5. The van der Waals surface area contributed by atoms with Crippen molar-refractivity contribution < 1.29 is 9.53 Å². The number of nitrogens with zero attached hydrogens (tertiary/aromatic N) is 1. The number of allylic oxidation sites excluding steroid dienone is 1. The van der Waals surface area contributed by atoms with Crippen molar-refractivity contribution in [2.75, 3.05) is 13.2 Å². The molecular formula is C23H29N3O2. The van der Waals surface area contributed by atoms with Crippen molar-refractivity contribution in [1.29, 1.82) is 0 Å². The molecule has 2 N–H and O–H groups in total. The number of H-pyrrole nitrogens is 1. The number of hydrogen-bond acceptors (Lipinski definition) is 3. The Morgan fingerprint density at radius 2 is 2.11 bits per heavy atom. The monoisotopic (exact) mass is 379 g/mol. The first-order valence-electron chi connectivity index (χ1n) is 10.4. The number of amides is 1. The quantitative estimate of drug-likeness (QED) is 0.797. The Morgan fingerprint density at radius 1 is 1.25 bits per heavy atom. The average Bonchev–Trinajstić information content (AvgIpc) is 3.18. The van der Waals surface area contributed by atoms with Crippen LogP contribution in [-0.2, 0) is 13.0 Å². The highest BCUT2D eigenvalue weighted by Gasteiger charge is 2.27. The highest BCUT2D eigenvalue weighted by atomic mass is 16.5. The number of ether oxygens (including phenoxy) is 1. The first-order valence-corrected chi connectivity index (χ1v) is 10.4. The molecule has 0 spiro atoms. The van der Waals surface area contributed by atoms with Crippen LogP contribution >= 0.6 is 0 Å². The molecule has 1 aliphatic carbocycles. The van der Waals surface area contributed by atoms with Crippen LogP contribution in [0.5, 0.6) is 5.75 Å². The largest absolute Gasteiger partial charge is 0.492 e. The minimum Gasteiger partial charge on any atom is -0.492 e. The van der Waals surface area contributed by atoms with Gasteiger partial charge in [-0.25, -0.2) is 0 Å². The van der Waals surface area contributed by atoms with Crippen molar-refractivity contribution in [3.05, 3.63) is 65.1 Å². The lowest BCUT2D eigenvalue weighted by Gasteiger charge is -2.32. The highest BCUT2D eigenvalue weighted by Crippen LogP contribution is 2.28. The summed E-state index contributed by atoms with van der Waals surface area (Å²) in [5.74, 6) is 0.904. The van der Waals surface area contributed by atoms with Gasteiger partial charge in [-0.2, -0.15) is 0 Å². The van der Waals surface area contributed by atoms with Gasteiger partial charge in [-0.3, -0.25) is 4.79 Å². The molecule has 1 atom stereocenters. The fraction of sp³-hybridized carbons (Fsp3) is 0.435. The Balaban J connectivity index is 1.45. The number of nitrogens with one attached hydrogen (secondary N) is 2. The molecule has 0 radical (unpaired) electrons. The van der Waals surface area contributed by atoms with Crippen molar-refractivity contribution in [3.63, 3.8) is 0 Å². The molecule has 2 heterocycles. The molecular weight excluding hydrogens is 350 g/mol. The van der Waals surface area contributed by atoms with Gasteiger partial charge >= 0.3 is 0 Å². The Hall–Kier alpha value is -2.69. The highest BCUT2D eigenvalue weighted by molar-refractivity contribution is 5.93. The van der Waals surface area contributed by atoms with Gasteiger partial charge in [0.25, 0.3) is 5.91 Å². The number of carbonyl (C=O) groups excluding carboxylic acids is 1. The maximum atomic E-state index is 13.2. The second-order valence-electron chi connectivity index (χ2n) is 7.56. The van der Waals surface area contributed by atoms with Crippen LogP contribution in [0, 0.1) is 0 Å². The molecule has 1 aromatic heterocycles. The van der Waals surface area contributed by atoms with Crippen LogP contribution in [0.4, 0.5) is 0 Å². The number of benzene rings is 1. The second kappa shape index (κ2) is 8.55. The number of aryl methyl sites for hydroxylation is 1. The number of rotatable bonds is 6. The van der Waals surface area contributed by atoms with E-state index in [1.54, 1.807) is 0 Å². The van der Waals surface area contributed by atoms with Crippen LogP contribution in [0.1, 0.15) is 54.4 Å². The summed E-state index contributed by atoms with van der Waals surface area (Å²) in [6, 6.07) is 12.4. The smallest absolute Gasteiger partial charge is 0.270 e. The summed E-state index contributed by atoms with van der Waals surface area (Å²) in [5.41, 5.74) is 4.20. The van der Waals surface area contributed by atoms with Gasteiger partial charge in [-0.1, -0.05) is 30.3 Å². The molecule has 1 aromatic carbocycles. The zero-order chi connectivity index (χ0) is 19.3. The molecule has 5 heteroatoms. The van der Waals surface area contributed by atoms with E-state index in [1.807, 2.05) is 17.0 Å². The van der Waals surface area contributed by atoms with E-state index >= 15 is 0 Å². The summed E-state index contributed by atoms with van der Waals surface area (Å²) in [7, 11) is 0. The Morgan fingerprint density at radius 3 is 2.89 bits per heavy atom. The lowest BCUT2D eigenvalue weighted by atomic mass is 9.98. The fourth-order valence-corrected chi connectivity index (χ4v) is 4.13. The molecule has 0 fully saturated rings. The number of aromatic nitrogens is 1. The van der Waals surface area contributed by atoms with Gasteiger partial charge in [0.15, 0.2) is 0 Å². The number of hydrogen-bond donors (Lipinski definition) is 2. The molecule has 0 unspecified atom stereocenters. The van der Waals surface area contributed by atoms with Crippen molar-refractivity contribution in [1.82, 2.24) is 15.2 Å². The van der Waals surface area contributed by atoms with E-state index < -0.39 is 0 Å². The molecule has 148 valence electrons. The van der Waals surface area contributed by atoms with Crippen LogP contribution in [0.15, 0.2) is 48.2 Å². The molecule has 1 aliphatic heterocycles. The molecule has 2 aliphatic rings. The van der Waals surface area contributed by atoms with Crippen LogP contribution in [0.2, 0.25) is 0 Å². The predicted octanol–water partition coefficient (Wildman–Crippen LogP) is 4.03. The van der Waals surface area contributed by atoms with E-state index in [4.69, 9.17) is 4.74 Å². The second-order valence-corrected chi connectivity index (χ2v) is 7.56. The van der Waals surface area contributed by atoms with Crippen LogP contribution in [0.3, 0.4) is 0 Å². The zero-order valence-electron chi connectivity index (χ0n) is 16.5. The Labute approximate surface area is 166 Å². The van der Waals surface area contributed by atoms with Gasteiger partial charge in [0.2, 0.25) is 0 Å². The molecule has 1 amide bonds. The third kappa shape index (κ3) is 4.08. The lowest BCUT2D eigenvalue weighted by molar-refractivity contribution is 0.0705. The average molecular weight is 380 g/mol. The molecule has 0 saturated heterocycles. The summed E-state index contributed by atoms with van der Waals surface area (Å²) in [5, 5.41) is 3.56. The first kappa shape index (κ1) is 18.7. The van der Waals surface area contributed by atoms with E-state index in [2.05, 4.69) is 47.6 Å². The van der Waals surface area contributed by atoms with Gasteiger partial charge in [0.1, 0.15) is 11.4 Å². The lowest BCUT2D eigenvalue weighted by Crippen LogP contribution is -2.41. The third-order valence-corrected chi connectivity index (χ3v) is 5.62. The van der Waals surface area contributed by atoms with Gasteiger partial charge in [-0.15, -0.1) is 0 Å². The number of carbonyl (C=O) groups is 1. The molecule has 0 saturated carbocycles. The van der Waals surface area contributed by atoms with E-state index in [1.165, 1.54) is 11.3 Å². The van der Waals surface area contributed by atoms with Crippen molar-refractivity contribution in [2.45, 2.75) is 51.6 Å². The van der Waals surface area contributed by atoms with Crippen LogP contribution in [0.25, 0.3) is 0 Å². The maximum Gasteiger partial charge on any atom is 0.270 e. The minimum absolute atomic E-state index is 0.0612. The summed E-state index contributed by atoms with van der Waals surface area (Å²) in [4.78, 5) is 18.4. The van der Waals surface area contributed by atoms with E-state index in [-0.39, 0.29) is 11.9 Å². The fourth-order valence-electron chi connectivity index (χ4n) is 4.13. The summed E-state index contributed by atoms with van der Waals surface area (Å²) >= 11 is 0. The van der Waals surface area contributed by atoms with Gasteiger partial charge in [-0.05, 0) is 50.7 Å². The van der Waals surface area contributed by atoms with Crippen molar-refractivity contribution in [3.8, 4) is 5.75 Å². The van der Waals surface area contributed by atoms with Crippen molar-refractivity contribution >= 4 is 5.91 Å². The van der Waals surface area contributed by atoms with Gasteiger partial charge in [0, 0.05) is 24.9 Å².